The van der Waals surface area contributed by atoms with E-state index in [0.29, 0.717) is 0 Å². The predicted molar refractivity (Wildman–Crippen MR) is 54.1 cm³/mol. The molecule has 0 bridgehead atoms. The Bertz CT molecular complexity index is 130. The summed E-state index contributed by atoms with van der Waals surface area (Å²) in [7, 11) is 0. The van der Waals surface area contributed by atoms with Gasteiger partial charge >= 0.3 is 0 Å². The summed E-state index contributed by atoms with van der Waals surface area (Å²) in [6.45, 7) is 8.54. The molecule has 0 aliphatic rings. The van der Waals surface area contributed by atoms with Gasteiger partial charge in [0, 0.05) is 0 Å². The van der Waals surface area contributed by atoms with Gasteiger partial charge in [-0.2, -0.15) is 0 Å². The van der Waals surface area contributed by atoms with E-state index in [-0.39, 0.29) is 11.5 Å². The van der Waals surface area contributed by atoms with Crippen LogP contribution in [0.15, 0.2) is 12.2 Å². The Balaban J connectivity index is 3.68. The van der Waals surface area contributed by atoms with Crippen LogP contribution in [-0.2, 0) is 0 Å². The molecule has 1 nitrogen and oxygen atoms in total. The first-order valence-electron chi connectivity index (χ1n) is 4.83. The number of allylic oxidation sites excluding steroid dienone is 1. The van der Waals surface area contributed by atoms with Crippen LogP contribution in [0.25, 0.3) is 0 Å². The molecule has 0 radical (unpaired) electrons. The fraction of sp³-hybridized carbons (Fsp3) is 0.818. The minimum Gasteiger partial charge on any atom is -0.389 e. The van der Waals surface area contributed by atoms with E-state index in [2.05, 4.69) is 33.8 Å². The van der Waals surface area contributed by atoms with Crippen molar-refractivity contribution in [1.82, 2.24) is 0 Å². The standard InChI is InChI=1S/C11H22O/c1-5-6-7-10(12)8-9-11(2,3)4/h8-10,12H,5-7H2,1-4H3/b9-8+. The molecule has 0 heterocycles. The summed E-state index contributed by atoms with van der Waals surface area (Å²) >= 11 is 0. The van der Waals surface area contributed by atoms with Gasteiger partial charge in [0.25, 0.3) is 0 Å². The molecule has 0 saturated carbocycles. The van der Waals surface area contributed by atoms with Gasteiger partial charge in [0.2, 0.25) is 0 Å². The Morgan fingerprint density at radius 3 is 2.33 bits per heavy atom. The zero-order valence-electron chi connectivity index (χ0n) is 8.80. The van der Waals surface area contributed by atoms with E-state index in [1.807, 2.05) is 6.08 Å². The van der Waals surface area contributed by atoms with Crippen molar-refractivity contribution >= 4 is 0 Å². The summed E-state index contributed by atoms with van der Waals surface area (Å²) < 4.78 is 0. The molecule has 0 amide bonds. The summed E-state index contributed by atoms with van der Waals surface area (Å²) in [5.74, 6) is 0. The maximum atomic E-state index is 9.46. The van der Waals surface area contributed by atoms with Crippen LogP contribution in [0.3, 0.4) is 0 Å². The zero-order valence-corrected chi connectivity index (χ0v) is 8.80. The number of hydrogen-bond donors (Lipinski definition) is 1. The highest BCUT2D eigenvalue weighted by Crippen LogP contribution is 2.15. The molecule has 12 heavy (non-hydrogen) atoms. The van der Waals surface area contributed by atoms with E-state index in [1.54, 1.807) is 0 Å². The van der Waals surface area contributed by atoms with E-state index >= 15 is 0 Å². The molecular weight excluding hydrogens is 148 g/mol. The third-order valence-electron chi connectivity index (χ3n) is 1.67. The molecule has 0 aliphatic heterocycles. The summed E-state index contributed by atoms with van der Waals surface area (Å²) in [5, 5.41) is 9.46. The maximum absolute atomic E-state index is 9.46. The Hall–Kier alpha value is -0.300. The van der Waals surface area contributed by atoms with Crippen LogP contribution < -0.4 is 0 Å². The molecule has 0 aromatic carbocycles. The van der Waals surface area contributed by atoms with Gasteiger partial charge in [-0.15, -0.1) is 0 Å². The number of unbranched alkanes of at least 4 members (excludes halogenated alkanes) is 1. The summed E-state index contributed by atoms with van der Waals surface area (Å²) in [6.07, 6.45) is 6.89. The molecule has 0 rings (SSSR count). The largest absolute Gasteiger partial charge is 0.389 e. The van der Waals surface area contributed by atoms with E-state index in [9.17, 15) is 5.11 Å². The third-order valence-corrected chi connectivity index (χ3v) is 1.67. The lowest BCUT2D eigenvalue weighted by atomic mass is 9.95. The van der Waals surface area contributed by atoms with Crippen molar-refractivity contribution in [2.75, 3.05) is 0 Å². The smallest absolute Gasteiger partial charge is 0.0721 e. The van der Waals surface area contributed by atoms with Crippen LogP contribution in [-0.4, -0.2) is 11.2 Å². The minimum absolute atomic E-state index is 0.188. The van der Waals surface area contributed by atoms with Crippen LogP contribution >= 0.6 is 0 Å². The van der Waals surface area contributed by atoms with Crippen molar-refractivity contribution in [2.45, 2.75) is 53.1 Å². The molecular formula is C11H22O. The second kappa shape index (κ2) is 5.36. The molecule has 0 saturated heterocycles. The van der Waals surface area contributed by atoms with Gasteiger partial charge in [0.05, 0.1) is 6.10 Å². The van der Waals surface area contributed by atoms with Crippen molar-refractivity contribution in [3.63, 3.8) is 0 Å². The Kier molecular flexibility index (Phi) is 5.23. The fourth-order valence-electron chi connectivity index (χ4n) is 0.909. The molecule has 1 unspecified atom stereocenters. The number of aliphatic hydroxyl groups is 1. The van der Waals surface area contributed by atoms with Crippen molar-refractivity contribution in [2.24, 2.45) is 5.41 Å². The topological polar surface area (TPSA) is 20.2 Å². The Labute approximate surface area is 76.5 Å². The van der Waals surface area contributed by atoms with Crippen molar-refractivity contribution in [3.05, 3.63) is 12.2 Å². The van der Waals surface area contributed by atoms with Gasteiger partial charge in [-0.05, 0) is 11.8 Å². The van der Waals surface area contributed by atoms with E-state index < -0.39 is 0 Å². The first kappa shape index (κ1) is 11.7. The van der Waals surface area contributed by atoms with Crippen LogP contribution in [0.1, 0.15) is 47.0 Å². The van der Waals surface area contributed by atoms with Crippen molar-refractivity contribution in [1.29, 1.82) is 0 Å². The molecule has 72 valence electrons. The zero-order chi connectivity index (χ0) is 9.61. The highest BCUT2D eigenvalue weighted by atomic mass is 16.3. The predicted octanol–water partition coefficient (Wildman–Crippen LogP) is 3.14. The Morgan fingerprint density at radius 1 is 1.33 bits per heavy atom. The van der Waals surface area contributed by atoms with Crippen molar-refractivity contribution in [3.8, 4) is 0 Å². The quantitative estimate of drug-likeness (QED) is 0.643. The fourth-order valence-corrected chi connectivity index (χ4v) is 0.909. The van der Waals surface area contributed by atoms with Gasteiger partial charge < -0.3 is 5.11 Å². The average molecular weight is 170 g/mol. The molecule has 0 aliphatic carbocycles. The summed E-state index contributed by atoms with van der Waals surface area (Å²) in [4.78, 5) is 0. The highest BCUT2D eigenvalue weighted by Gasteiger charge is 2.05. The van der Waals surface area contributed by atoms with Crippen LogP contribution in [0, 0.1) is 5.41 Å². The Morgan fingerprint density at radius 2 is 1.92 bits per heavy atom. The molecule has 0 spiro atoms. The van der Waals surface area contributed by atoms with E-state index in [1.165, 1.54) is 0 Å². The molecule has 1 heteroatoms. The second-order valence-electron chi connectivity index (χ2n) is 4.43. The molecule has 0 fully saturated rings. The molecule has 0 aromatic rings. The molecule has 1 N–H and O–H groups in total. The third kappa shape index (κ3) is 7.80. The monoisotopic (exact) mass is 170 g/mol. The van der Waals surface area contributed by atoms with Crippen LogP contribution in [0.5, 0.6) is 0 Å². The van der Waals surface area contributed by atoms with Gasteiger partial charge in [-0.25, -0.2) is 0 Å². The molecule has 0 aromatic heterocycles. The average Bonchev–Trinajstić information content (AvgIpc) is 1.95. The van der Waals surface area contributed by atoms with E-state index in [0.717, 1.165) is 19.3 Å². The second-order valence-corrected chi connectivity index (χ2v) is 4.43. The lowest BCUT2D eigenvalue weighted by Gasteiger charge is -2.12. The highest BCUT2D eigenvalue weighted by molar-refractivity contribution is 4.96. The van der Waals surface area contributed by atoms with Gasteiger partial charge in [0.15, 0.2) is 0 Å². The number of hydrogen-bond acceptors (Lipinski definition) is 1. The van der Waals surface area contributed by atoms with Gasteiger partial charge in [-0.3, -0.25) is 0 Å². The minimum atomic E-state index is -0.246. The SMILES string of the molecule is CCCCC(O)/C=C/C(C)(C)C. The number of aliphatic hydroxyl groups excluding tert-OH is 1. The first-order chi connectivity index (χ1) is 5.45. The lowest BCUT2D eigenvalue weighted by molar-refractivity contribution is 0.207. The lowest BCUT2D eigenvalue weighted by Crippen LogP contribution is -2.05. The van der Waals surface area contributed by atoms with Crippen LogP contribution in [0.2, 0.25) is 0 Å². The van der Waals surface area contributed by atoms with E-state index in [4.69, 9.17) is 0 Å². The van der Waals surface area contributed by atoms with Gasteiger partial charge in [0.1, 0.15) is 0 Å². The normalized spacial score (nSPS) is 15.4. The summed E-state index contributed by atoms with van der Waals surface area (Å²) in [6, 6.07) is 0. The molecule has 1 atom stereocenters. The maximum Gasteiger partial charge on any atom is 0.0721 e. The van der Waals surface area contributed by atoms with Gasteiger partial charge in [-0.1, -0.05) is 52.7 Å². The van der Waals surface area contributed by atoms with Crippen LogP contribution in [0.4, 0.5) is 0 Å². The number of rotatable bonds is 4. The van der Waals surface area contributed by atoms with Crippen molar-refractivity contribution < 1.29 is 5.11 Å². The first-order valence-corrected chi connectivity index (χ1v) is 4.83. The summed E-state index contributed by atoms with van der Waals surface area (Å²) in [5.41, 5.74) is 0.188.